The first-order chi connectivity index (χ1) is 8.93. The van der Waals surface area contributed by atoms with E-state index in [1.54, 1.807) is 22.7 Å². The molecule has 0 aliphatic rings. The fraction of sp³-hybridized carbons (Fsp3) is 0.308. The molecule has 0 saturated carbocycles. The van der Waals surface area contributed by atoms with E-state index >= 15 is 0 Å². The number of carboxylic acid groups (broad SMARTS) is 1. The molecule has 0 aliphatic carbocycles. The predicted molar refractivity (Wildman–Crippen MR) is 71.3 cm³/mol. The van der Waals surface area contributed by atoms with Crippen LogP contribution >= 0.6 is 0 Å². The number of carbonyl (C=O) groups is 1. The molecule has 0 bridgehead atoms. The number of fused-ring (bicyclic) bond motifs is 1. The van der Waals surface area contributed by atoms with E-state index in [-0.39, 0.29) is 5.92 Å². The van der Waals surface area contributed by atoms with Gasteiger partial charge in [-0.2, -0.15) is 5.10 Å². The zero-order chi connectivity index (χ0) is 14.2. The molecule has 1 N–H and O–H groups in total. The average molecular weight is 261 g/mol. The lowest BCUT2D eigenvalue weighted by molar-refractivity contribution is -0.138. The van der Waals surface area contributed by atoms with Gasteiger partial charge in [-0.05, 0) is 11.6 Å². The Morgan fingerprint density at radius 2 is 2.26 bits per heavy atom. The first-order valence-electron chi connectivity index (χ1n) is 5.91. The van der Waals surface area contributed by atoms with Crippen molar-refractivity contribution in [3.8, 4) is 0 Å². The molecule has 6 heteroatoms. The second-order valence-corrected chi connectivity index (χ2v) is 4.60. The average Bonchev–Trinajstić information content (AvgIpc) is 2.76. The van der Waals surface area contributed by atoms with Gasteiger partial charge >= 0.3 is 5.97 Å². The molecule has 100 valence electrons. The molecule has 19 heavy (non-hydrogen) atoms. The Labute approximate surface area is 109 Å². The molecule has 0 fully saturated rings. The Morgan fingerprint density at radius 3 is 2.79 bits per heavy atom. The molecular weight excluding hydrogens is 246 g/mol. The number of hydrogen-bond donors (Lipinski definition) is 1. The van der Waals surface area contributed by atoms with Crippen LogP contribution in [0.4, 0.5) is 0 Å². The van der Waals surface area contributed by atoms with E-state index in [0.717, 1.165) is 10.2 Å². The molecule has 0 saturated heterocycles. The summed E-state index contributed by atoms with van der Waals surface area (Å²) in [4.78, 5) is 22.9. The zero-order valence-electron chi connectivity index (χ0n) is 10.8. The SMILES string of the molecule is C=Cc1cc2c(=O)n(CC(=O)O)nc(C(C)C)n2c1. The predicted octanol–water partition coefficient (Wildman–Crippen LogP) is 1.35. The van der Waals surface area contributed by atoms with E-state index in [0.29, 0.717) is 11.3 Å². The van der Waals surface area contributed by atoms with E-state index in [1.165, 1.54) is 0 Å². The number of aromatic nitrogens is 3. The quantitative estimate of drug-likeness (QED) is 0.901. The molecule has 0 radical (unpaired) electrons. The van der Waals surface area contributed by atoms with Crippen LogP contribution in [0, 0.1) is 0 Å². The fourth-order valence-corrected chi connectivity index (χ4v) is 1.93. The summed E-state index contributed by atoms with van der Waals surface area (Å²) >= 11 is 0. The zero-order valence-corrected chi connectivity index (χ0v) is 10.8. The maximum absolute atomic E-state index is 12.2. The number of carboxylic acids is 1. The summed E-state index contributed by atoms with van der Waals surface area (Å²) in [6, 6.07) is 1.68. The summed E-state index contributed by atoms with van der Waals surface area (Å²) in [7, 11) is 0. The van der Waals surface area contributed by atoms with Crippen LogP contribution in [0.5, 0.6) is 0 Å². The Bertz CT molecular complexity index is 710. The second-order valence-electron chi connectivity index (χ2n) is 4.60. The summed E-state index contributed by atoms with van der Waals surface area (Å²) in [5, 5.41) is 13.0. The molecule has 0 aliphatic heterocycles. The van der Waals surface area contributed by atoms with Crippen molar-refractivity contribution in [1.82, 2.24) is 14.2 Å². The summed E-state index contributed by atoms with van der Waals surface area (Å²) in [5.41, 5.74) is 0.795. The van der Waals surface area contributed by atoms with Crippen molar-refractivity contribution < 1.29 is 9.90 Å². The Hall–Kier alpha value is -2.37. The van der Waals surface area contributed by atoms with Crippen LogP contribution in [-0.2, 0) is 11.3 Å². The number of hydrogen-bond acceptors (Lipinski definition) is 3. The third kappa shape index (κ3) is 2.29. The Kier molecular flexibility index (Phi) is 3.25. The monoisotopic (exact) mass is 261 g/mol. The van der Waals surface area contributed by atoms with Gasteiger partial charge in [0.25, 0.3) is 5.56 Å². The second kappa shape index (κ2) is 4.72. The maximum atomic E-state index is 12.2. The van der Waals surface area contributed by atoms with Crippen molar-refractivity contribution in [3.63, 3.8) is 0 Å². The topological polar surface area (TPSA) is 76.6 Å². The molecule has 2 aromatic heterocycles. The molecular formula is C13H15N3O3. The van der Waals surface area contributed by atoms with Crippen LogP contribution in [0.1, 0.15) is 31.2 Å². The van der Waals surface area contributed by atoms with Crippen molar-refractivity contribution >= 4 is 17.6 Å². The van der Waals surface area contributed by atoms with Crippen LogP contribution in [0.15, 0.2) is 23.6 Å². The molecule has 2 heterocycles. The number of rotatable bonds is 4. The van der Waals surface area contributed by atoms with Gasteiger partial charge in [0.05, 0.1) is 0 Å². The summed E-state index contributed by atoms with van der Waals surface area (Å²) in [6.07, 6.45) is 3.41. The molecule has 0 aromatic carbocycles. The van der Waals surface area contributed by atoms with Crippen LogP contribution in [0.3, 0.4) is 0 Å². The smallest absolute Gasteiger partial charge is 0.325 e. The molecule has 2 rings (SSSR count). The highest BCUT2D eigenvalue weighted by Crippen LogP contribution is 2.15. The number of aliphatic carboxylic acids is 1. The number of nitrogens with zero attached hydrogens (tertiary/aromatic N) is 3. The Morgan fingerprint density at radius 1 is 1.58 bits per heavy atom. The normalized spacial score (nSPS) is 11.1. The lowest BCUT2D eigenvalue weighted by Gasteiger charge is -2.11. The van der Waals surface area contributed by atoms with E-state index in [1.807, 2.05) is 13.8 Å². The van der Waals surface area contributed by atoms with Crippen molar-refractivity contribution in [1.29, 1.82) is 0 Å². The first kappa shape index (κ1) is 13.1. The van der Waals surface area contributed by atoms with Crippen molar-refractivity contribution in [2.45, 2.75) is 26.3 Å². The highest BCUT2D eigenvalue weighted by molar-refractivity contribution is 5.66. The minimum atomic E-state index is -1.09. The highest BCUT2D eigenvalue weighted by Gasteiger charge is 2.15. The van der Waals surface area contributed by atoms with Crippen LogP contribution in [0.25, 0.3) is 11.6 Å². The van der Waals surface area contributed by atoms with Gasteiger partial charge < -0.3 is 5.11 Å². The largest absolute Gasteiger partial charge is 0.480 e. The van der Waals surface area contributed by atoms with Gasteiger partial charge in [0.15, 0.2) is 0 Å². The van der Waals surface area contributed by atoms with Gasteiger partial charge in [0, 0.05) is 12.1 Å². The van der Waals surface area contributed by atoms with Gasteiger partial charge in [-0.25, -0.2) is 4.68 Å². The van der Waals surface area contributed by atoms with Crippen LogP contribution in [0.2, 0.25) is 0 Å². The standard InChI is InChI=1S/C13H15N3O3/c1-4-9-5-10-13(19)16(7-11(17)18)14-12(8(2)3)15(10)6-9/h4-6,8H,1,7H2,2-3H3,(H,17,18). The molecule has 0 spiro atoms. The van der Waals surface area contributed by atoms with Gasteiger partial charge in [-0.3, -0.25) is 14.0 Å². The van der Waals surface area contributed by atoms with E-state index in [4.69, 9.17) is 5.11 Å². The fourth-order valence-electron chi connectivity index (χ4n) is 1.93. The first-order valence-corrected chi connectivity index (χ1v) is 5.91. The lowest BCUT2D eigenvalue weighted by atomic mass is 10.2. The minimum absolute atomic E-state index is 0.0632. The van der Waals surface area contributed by atoms with E-state index in [9.17, 15) is 9.59 Å². The van der Waals surface area contributed by atoms with Crippen molar-refractivity contribution in [3.05, 3.63) is 40.6 Å². The summed E-state index contributed by atoms with van der Waals surface area (Å²) in [6.45, 7) is 7.09. The minimum Gasteiger partial charge on any atom is -0.480 e. The molecule has 0 amide bonds. The highest BCUT2D eigenvalue weighted by atomic mass is 16.4. The molecule has 2 aromatic rings. The molecule has 0 atom stereocenters. The van der Waals surface area contributed by atoms with Crippen molar-refractivity contribution in [2.75, 3.05) is 0 Å². The van der Waals surface area contributed by atoms with Gasteiger partial charge in [0.2, 0.25) is 0 Å². The van der Waals surface area contributed by atoms with E-state index in [2.05, 4.69) is 11.7 Å². The van der Waals surface area contributed by atoms with Gasteiger partial charge in [-0.1, -0.05) is 26.5 Å². The lowest BCUT2D eigenvalue weighted by Crippen LogP contribution is -2.30. The van der Waals surface area contributed by atoms with E-state index < -0.39 is 18.1 Å². The summed E-state index contributed by atoms with van der Waals surface area (Å²) < 4.78 is 2.68. The van der Waals surface area contributed by atoms with Gasteiger partial charge in [0.1, 0.15) is 17.9 Å². The molecule has 6 nitrogen and oxygen atoms in total. The van der Waals surface area contributed by atoms with Crippen LogP contribution in [-0.4, -0.2) is 25.3 Å². The Balaban J connectivity index is 2.80. The summed E-state index contributed by atoms with van der Waals surface area (Å²) in [5.74, 6) is -0.388. The van der Waals surface area contributed by atoms with Crippen LogP contribution < -0.4 is 5.56 Å². The third-order valence-electron chi connectivity index (χ3n) is 2.80. The maximum Gasteiger partial charge on any atom is 0.325 e. The van der Waals surface area contributed by atoms with Gasteiger partial charge in [-0.15, -0.1) is 0 Å². The third-order valence-corrected chi connectivity index (χ3v) is 2.80. The molecule has 0 unspecified atom stereocenters. The van der Waals surface area contributed by atoms with Crippen molar-refractivity contribution in [2.24, 2.45) is 0 Å².